The Kier molecular flexibility index (Phi) is 7.96. The van der Waals surface area contributed by atoms with Crippen molar-refractivity contribution < 1.29 is 24.9 Å². The molecule has 0 bridgehead atoms. The molecule has 1 amide bonds. The molecule has 0 aliphatic carbocycles. The maximum Gasteiger partial charge on any atom is 0.327 e. The van der Waals surface area contributed by atoms with Gasteiger partial charge in [-0.25, -0.2) is 4.79 Å². The predicted octanol–water partition coefficient (Wildman–Crippen LogP) is -0.948. The van der Waals surface area contributed by atoms with Crippen LogP contribution in [0.5, 0.6) is 0 Å². The first-order valence-corrected chi connectivity index (χ1v) is 5.99. The number of rotatable bonds is 8. The summed E-state index contributed by atoms with van der Waals surface area (Å²) >= 11 is 1.31. The van der Waals surface area contributed by atoms with E-state index in [4.69, 9.17) is 15.3 Å². The topological polar surface area (TPSA) is 107 Å². The van der Waals surface area contributed by atoms with E-state index in [0.29, 0.717) is 12.2 Å². The van der Waals surface area contributed by atoms with Gasteiger partial charge in [0.25, 0.3) is 0 Å². The number of carboxylic acids is 1. The van der Waals surface area contributed by atoms with Crippen molar-refractivity contribution in [1.29, 1.82) is 0 Å². The van der Waals surface area contributed by atoms with E-state index in [2.05, 4.69) is 5.32 Å². The summed E-state index contributed by atoms with van der Waals surface area (Å²) in [5.41, 5.74) is 0. The Morgan fingerprint density at radius 1 is 1.44 bits per heavy atom. The van der Waals surface area contributed by atoms with Gasteiger partial charge in [-0.15, -0.1) is 0 Å². The van der Waals surface area contributed by atoms with E-state index >= 15 is 0 Å². The summed E-state index contributed by atoms with van der Waals surface area (Å²) in [5, 5.41) is 28.6. The van der Waals surface area contributed by atoms with Gasteiger partial charge < -0.3 is 20.6 Å². The van der Waals surface area contributed by atoms with Crippen LogP contribution in [0.1, 0.15) is 13.3 Å². The summed E-state index contributed by atoms with van der Waals surface area (Å²) in [7, 11) is 0. The lowest BCUT2D eigenvalue weighted by atomic mass is 10.3. The Morgan fingerprint density at radius 2 is 2.06 bits per heavy atom. The monoisotopic (exact) mass is 255 g/mol. The highest BCUT2D eigenvalue weighted by Crippen LogP contribution is 2.07. The van der Waals surface area contributed by atoms with Crippen molar-refractivity contribution in [1.82, 2.24) is 5.32 Å². The molecule has 0 saturated carbocycles. The number of aliphatic carboxylic acids is 1. The first-order chi connectivity index (χ1) is 7.47. The first-order valence-electron chi connectivity index (χ1n) is 4.84. The van der Waals surface area contributed by atoms with Crippen molar-refractivity contribution in [3.8, 4) is 0 Å². The Labute approximate surface area is 98.0 Å². The molecule has 0 fully saturated rings. The van der Waals surface area contributed by atoms with Crippen LogP contribution in [0.25, 0.3) is 0 Å². The number of carbonyl (C=O) groups excluding carboxylic acids is 1. The number of carboxylic acid groups (broad SMARTS) is 1. The van der Waals surface area contributed by atoms with Gasteiger partial charge in [0.15, 0.2) is 0 Å². The fraction of sp³-hybridized carbons (Fsp3) is 0.778. The van der Waals surface area contributed by atoms with E-state index < -0.39 is 18.1 Å². The van der Waals surface area contributed by atoms with E-state index in [9.17, 15) is 9.59 Å². The summed E-state index contributed by atoms with van der Waals surface area (Å²) in [6.45, 7) is 0.963. The second-order valence-corrected chi connectivity index (χ2v) is 4.44. The second kappa shape index (κ2) is 8.37. The second-order valence-electron chi connectivity index (χ2n) is 3.29. The normalized spacial score (nSPS) is 14.2. The van der Waals surface area contributed by atoms with Crippen molar-refractivity contribution in [2.75, 3.05) is 18.1 Å². The highest BCUT2D eigenvalue weighted by atomic mass is 32.2. The van der Waals surface area contributed by atoms with Crippen molar-refractivity contribution >= 4 is 23.6 Å². The molecule has 1 unspecified atom stereocenters. The number of hydrogen-bond donors (Lipinski definition) is 4. The van der Waals surface area contributed by atoms with Gasteiger partial charge in [0.05, 0.1) is 12.7 Å². The van der Waals surface area contributed by atoms with Gasteiger partial charge in [0.2, 0.25) is 5.91 Å². The third-order valence-electron chi connectivity index (χ3n) is 1.77. The molecule has 0 rings (SSSR count). The van der Waals surface area contributed by atoms with E-state index in [-0.39, 0.29) is 18.3 Å². The molecular weight excluding hydrogens is 238 g/mol. The zero-order valence-corrected chi connectivity index (χ0v) is 9.87. The lowest BCUT2D eigenvalue weighted by molar-refractivity contribution is -0.140. The highest BCUT2D eigenvalue weighted by Gasteiger charge is 2.17. The highest BCUT2D eigenvalue weighted by molar-refractivity contribution is 7.99. The van der Waals surface area contributed by atoms with Crippen LogP contribution in [0.4, 0.5) is 0 Å². The molecule has 94 valence electrons. The first kappa shape index (κ1) is 15.2. The van der Waals surface area contributed by atoms with Crippen LogP contribution in [-0.4, -0.2) is 57.5 Å². The van der Waals surface area contributed by atoms with Crippen LogP contribution in [0.2, 0.25) is 0 Å². The molecule has 4 N–H and O–H groups in total. The third kappa shape index (κ3) is 7.49. The quantitative estimate of drug-likeness (QED) is 0.253. The molecule has 2 atom stereocenters. The van der Waals surface area contributed by atoms with E-state index in [1.54, 1.807) is 0 Å². The number of thioether (sulfide) groups is 1. The summed E-state index contributed by atoms with van der Waals surface area (Å²) in [6.07, 6.45) is -0.371. The molecule has 7 heteroatoms. The molecule has 0 saturated heterocycles. The number of nitrogens with one attached hydrogen (secondary N) is 1. The summed E-state index contributed by atoms with van der Waals surface area (Å²) < 4.78 is 0. The Balaban J connectivity index is 3.77. The van der Waals surface area contributed by atoms with E-state index in [1.807, 2.05) is 0 Å². The van der Waals surface area contributed by atoms with Crippen LogP contribution >= 0.6 is 11.8 Å². The van der Waals surface area contributed by atoms with Crippen molar-refractivity contribution in [3.05, 3.63) is 0 Å². The molecule has 0 aliphatic rings. The minimum absolute atomic E-state index is 0.243. The van der Waals surface area contributed by atoms with Crippen molar-refractivity contribution in [2.45, 2.75) is 25.5 Å². The Hall–Kier alpha value is -0.790. The summed E-state index contributed by atoms with van der Waals surface area (Å²) in [4.78, 5) is 21.4. The smallest absolute Gasteiger partial charge is 0.327 e. The zero-order valence-electron chi connectivity index (χ0n) is 9.05. The van der Waals surface area contributed by atoms with Gasteiger partial charge >= 0.3 is 5.97 Å². The van der Waals surface area contributed by atoms with Crippen molar-refractivity contribution in [3.63, 3.8) is 0 Å². The third-order valence-corrected chi connectivity index (χ3v) is 2.86. The van der Waals surface area contributed by atoms with Gasteiger partial charge in [0, 0.05) is 12.7 Å². The molecule has 0 heterocycles. The number of aliphatic hydroxyl groups excluding tert-OH is 2. The molecule has 0 aromatic heterocycles. The number of carbonyl (C=O) groups is 2. The van der Waals surface area contributed by atoms with Gasteiger partial charge in [-0.1, -0.05) is 0 Å². The molecule has 0 aliphatic heterocycles. The lowest BCUT2D eigenvalue weighted by Crippen LogP contribution is -2.41. The van der Waals surface area contributed by atoms with Gasteiger partial charge in [-0.05, 0) is 12.2 Å². The van der Waals surface area contributed by atoms with Crippen LogP contribution in [0.3, 0.4) is 0 Å². The van der Waals surface area contributed by atoms with Crippen LogP contribution in [0, 0.1) is 0 Å². The standard InChI is InChI=1S/C9H17NO5S/c1-6(12)10-8(9(14)15)5-16-3-2-7(13)4-11/h7-8,11,13H,2-5H2,1H3,(H,10,12)(H,14,15)/t7?,8-/m0/s1/i6+1,8+1,9+1,10+1. The van der Waals surface area contributed by atoms with Crippen LogP contribution in [0.15, 0.2) is 0 Å². The summed E-state index contributed by atoms with van der Waals surface area (Å²) in [5.74, 6) is -0.688. The minimum Gasteiger partial charge on any atom is -0.480 e. The largest absolute Gasteiger partial charge is 0.480 e. The van der Waals surface area contributed by atoms with Crippen LogP contribution in [-0.2, 0) is 9.59 Å². The fourth-order valence-corrected chi connectivity index (χ4v) is 2.00. The Bertz CT molecular complexity index is 236. The molecule has 0 aromatic carbocycles. The predicted molar refractivity (Wildman–Crippen MR) is 60.3 cm³/mol. The van der Waals surface area contributed by atoms with Gasteiger partial charge in [0.1, 0.15) is 6.04 Å². The SMILES string of the molecule is C[13C](=O)[15NH][13C@@H](CSCCC(O)CO)[13C](=O)O. The average Bonchev–Trinajstić information content (AvgIpc) is 2.21. The number of amides is 1. The van der Waals surface area contributed by atoms with E-state index in [0.717, 1.165) is 0 Å². The molecule has 6 nitrogen and oxygen atoms in total. The fourth-order valence-electron chi connectivity index (χ4n) is 0.932. The average molecular weight is 255 g/mol. The maximum absolute atomic E-state index is 10.7. The molecular formula is C9H17NO5S. The van der Waals surface area contributed by atoms with Gasteiger partial charge in [-0.2, -0.15) is 11.8 Å². The summed E-state index contributed by atoms with van der Waals surface area (Å²) in [6, 6.07) is -0.909. The molecule has 16 heavy (non-hydrogen) atoms. The molecule has 0 radical (unpaired) electrons. The zero-order chi connectivity index (χ0) is 12.6. The maximum atomic E-state index is 10.7. The number of aliphatic hydroxyl groups is 2. The van der Waals surface area contributed by atoms with Crippen molar-refractivity contribution in [2.24, 2.45) is 0 Å². The Morgan fingerprint density at radius 3 is 2.50 bits per heavy atom. The van der Waals surface area contributed by atoms with Gasteiger partial charge in [-0.3, -0.25) is 4.79 Å². The lowest BCUT2D eigenvalue weighted by Gasteiger charge is -2.13. The minimum atomic E-state index is -1.08. The molecule has 0 aromatic rings. The molecule has 0 spiro atoms. The van der Waals surface area contributed by atoms with E-state index in [1.165, 1.54) is 18.7 Å². The number of hydrogen-bond acceptors (Lipinski definition) is 5. The van der Waals surface area contributed by atoms with Crippen LogP contribution < -0.4 is 5.32 Å².